The van der Waals surface area contributed by atoms with Gasteiger partial charge in [-0.25, -0.2) is 0 Å². The van der Waals surface area contributed by atoms with Crippen LogP contribution in [0, 0.1) is 6.92 Å². The van der Waals surface area contributed by atoms with E-state index < -0.39 is 0 Å². The molecule has 5 heteroatoms. The molecule has 0 fully saturated rings. The van der Waals surface area contributed by atoms with Crippen molar-refractivity contribution in [3.05, 3.63) is 52.4 Å². The molecule has 20 heavy (non-hydrogen) atoms. The molecule has 104 valence electrons. The van der Waals surface area contributed by atoms with Gasteiger partial charge in [0.15, 0.2) is 0 Å². The Hall–Kier alpha value is -1.78. The van der Waals surface area contributed by atoms with Gasteiger partial charge in [-0.1, -0.05) is 29.8 Å². The van der Waals surface area contributed by atoms with Gasteiger partial charge in [-0.3, -0.25) is 4.68 Å². The van der Waals surface area contributed by atoms with E-state index in [9.17, 15) is 5.11 Å². The first kappa shape index (κ1) is 13.2. The van der Waals surface area contributed by atoms with Crippen molar-refractivity contribution in [3.63, 3.8) is 0 Å². The zero-order chi connectivity index (χ0) is 14.3. The topological polar surface area (TPSA) is 43.0 Å². The van der Waals surface area contributed by atoms with Crippen LogP contribution in [0.1, 0.15) is 16.8 Å². The summed E-state index contributed by atoms with van der Waals surface area (Å²) in [4.78, 5) is 0. The number of hydrogen-bond acceptors (Lipinski definition) is 2. The number of halogens is 1. The summed E-state index contributed by atoms with van der Waals surface area (Å²) in [5.41, 5.74) is 3.92. The molecule has 1 N–H and O–H groups in total. The van der Waals surface area contributed by atoms with E-state index in [-0.39, 0.29) is 6.61 Å². The molecule has 0 unspecified atom stereocenters. The molecule has 0 aliphatic rings. The predicted octanol–water partition coefficient (Wildman–Crippen LogP) is 2.88. The van der Waals surface area contributed by atoms with Gasteiger partial charge in [0.1, 0.15) is 5.15 Å². The van der Waals surface area contributed by atoms with E-state index in [0.29, 0.717) is 11.7 Å². The van der Waals surface area contributed by atoms with Crippen LogP contribution < -0.4 is 0 Å². The van der Waals surface area contributed by atoms with Gasteiger partial charge in [0.05, 0.1) is 24.4 Å². The van der Waals surface area contributed by atoms with Crippen LogP contribution in [0.3, 0.4) is 0 Å². The lowest BCUT2D eigenvalue weighted by atomic mass is 10.1. The van der Waals surface area contributed by atoms with Gasteiger partial charge in [-0.2, -0.15) is 5.10 Å². The molecule has 1 aromatic carbocycles. The summed E-state index contributed by atoms with van der Waals surface area (Å²) in [5, 5.41) is 15.6. The molecule has 0 saturated heterocycles. The maximum absolute atomic E-state index is 9.50. The fourth-order valence-electron chi connectivity index (χ4n) is 2.62. The first-order chi connectivity index (χ1) is 9.61. The number of nitrogens with zero attached hydrogens (tertiary/aromatic N) is 3. The lowest BCUT2D eigenvalue weighted by Gasteiger charge is -2.08. The zero-order valence-electron chi connectivity index (χ0n) is 11.5. The van der Waals surface area contributed by atoms with E-state index in [0.717, 1.165) is 27.7 Å². The Balaban J connectivity index is 2.11. The Labute approximate surface area is 122 Å². The maximum Gasteiger partial charge on any atom is 0.131 e. The number of aliphatic hydroxyl groups excluding tert-OH is 1. The number of benzene rings is 1. The third-order valence-corrected chi connectivity index (χ3v) is 4.11. The minimum Gasteiger partial charge on any atom is -0.392 e. The van der Waals surface area contributed by atoms with Crippen molar-refractivity contribution in [2.45, 2.75) is 20.1 Å². The molecule has 0 bridgehead atoms. The van der Waals surface area contributed by atoms with Crippen LogP contribution in [0.2, 0.25) is 5.15 Å². The molecule has 0 saturated carbocycles. The van der Waals surface area contributed by atoms with E-state index in [4.69, 9.17) is 11.6 Å². The highest BCUT2D eigenvalue weighted by atomic mass is 35.5. The van der Waals surface area contributed by atoms with Crippen molar-refractivity contribution in [1.29, 1.82) is 0 Å². The summed E-state index contributed by atoms with van der Waals surface area (Å²) < 4.78 is 3.79. The molecule has 0 amide bonds. The summed E-state index contributed by atoms with van der Waals surface area (Å²) >= 11 is 6.29. The third-order valence-electron chi connectivity index (χ3n) is 3.64. The van der Waals surface area contributed by atoms with Crippen molar-refractivity contribution in [2.75, 3.05) is 0 Å². The van der Waals surface area contributed by atoms with Gasteiger partial charge in [-0.05, 0) is 18.4 Å². The van der Waals surface area contributed by atoms with Crippen LogP contribution in [-0.4, -0.2) is 19.5 Å². The van der Waals surface area contributed by atoms with Crippen LogP contribution in [-0.2, 0) is 20.2 Å². The lowest BCUT2D eigenvalue weighted by molar-refractivity contribution is 0.283. The van der Waals surface area contributed by atoms with Crippen LogP contribution >= 0.6 is 11.6 Å². The molecular weight excluding hydrogens is 274 g/mol. The lowest BCUT2D eigenvalue weighted by Crippen LogP contribution is -2.01. The van der Waals surface area contributed by atoms with Crippen LogP contribution in [0.5, 0.6) is 0 Å². The Kier molecular flexibility index (Phi) is 3.28. The van der Waals surface area contributed by atoms with Crippen molar-refractivity contribution < 1.29 is 5.11 Å². The number of hydrogen-bond donors (Lipinski definition) is 1. The van der Waals surface area contributed by atoms with Gasteiger partial charge in [0.2, 0.25) is 0 Å². The number of aryl methyl sites for hydroxylation is 2. The SMILES string of the molecule is Cc1nn(C)c(Cl)c1Cn1ccc2cccc(CO)c21. The minimum atomic E-state index is 0.0289. The molecule has 0 aliphatic carbocycles. The number of fused-ring (bicyclic) bond motifs is 1. The molecule has 2 aromatic heterocycles. The predicted molar refractivity (Wildman–Crippen MR) is 79.9 cm³/mol. The second-order valence-corrected chi connectivity index (χ2v) is 5.29. The van der Waals surface area contributed by atoms with Crippen molar-refractivity contribution in [1.82, 2.24) is 14.3 Å². The molecule has 3 aromatic rings. The Morgan fingerprint density at radius 1 is 1.30 bits per heavy atom. The number of aromatic nitrogens is 3. The quantitative estimate of drug-likeness (QED) is 0.806. The molecule has 2 heterocycles. The molecule has 0 radical (unpaired) electrons. The summed E-state index contributed by atoms with van der Waals surface area (Å²) in [6.07, 6.45) is 2.02. The van der Waals surface area contributed by atoms with E-state index >= 15 is 0 Å². The fraction of sp³-hybridized carbons (Fsp3) is 0.267. The highest BCUT2D eigenvalue weighted by molar-refractivity contribution is 6.30. The van der Waals surface area contributed by atoms with E-state index in [1.807, 2.05) is 44.4 Å². The summed E-state index contributed by atoms with van der Waals surface area (Å²) in [6, 6.07) is 7.99. The first-order valence-electron chi connectivity index (χ1n) is 6.47. The fourth-order valence-corrected chi connectivity index (χ4v) is 2.86. The molecular formula is C15H16ClN3O. The Morgan fingerprint density at radius 3 is 2.75 bits per heavy atom. The molecule has 4 nitrogen and oxygen atoms in total. The smallest absolute Gasteiger partial charge is 0.131 e. The van der Waals surface area contributed by atoms with Crippen LogP contribution in [0.15, 0.2) is 30.5 Å². The highest BCUT2D eigenvalue weighted by Gasteiger charge is 2.13. The zero-order valence-corrected chi connectivity index (χ0v) is 12.2. The van der Waals surface area contributed by atoms with Gasteiger partial charge in [-0.15, -0.1) is 0 Å². The Morgan fingerprint density at radius 2 is 2.10 bits per heavy atom. The molecule has 0 atom stereocenters. The first-order valence-corrected chi connectivity index (χ1v) is 6.85. The normalized spacial score (nSPS) is 11.4. The van der Waals surface area contributed by atoms with Crippen molar-refractivity contribution >= 4 is 22.5 Å². The van der Waals surface area contributed by atoms with Crippen LogP contribution in [0.25, 0.3) is 10.9 Å². The van der Waals surface area contributed by atoms with Gasteiger partial charge >= 0.3 is 0 Å². The van der Waals surface area contributed by atoms with Crippen molar-refractivity contribution in [3.8, 4) is 0 Å². The Bertz CT molecular complexity index is 773. The monoisotopic (exact) mass is 289 g/mol. The summed E-state index contributed by atoms with van der Waals surface area (Å²) in [7, 11) is 1.84. The maximum atomic E-state index is 9.50. The minimum absolute atomic E-state index is 0.0289. The number of para-hydroxylation sites is 1. The second-order valence-electron chi connectivity index (χ2n) is 4.94. The standard InChI is InChI=1S/C15H16ClN3O/c1-10-13(15(16)18(2)17-10)8-19-7-6-11-4-3-5-12(9-20)14(11)19/h3-7,20H,8-9H2,1-2H3. The van der Waals surface area contributed by atoms with Gasteiger partial charge in [0, 0.05) is 24.4 Å². The third kappa shape index (κ3) is 2.01. The summed E-state index contributed by atoms with van der Waals surface area (Å²) in [5.74, 6) is 0. The van der Waals surface area contributed by atoms with E-state index in [1.165, 1.54) is 0 Å². The van der Waals surface area contributed by atoms with E-state index in [2.05, 4.69) is 9.67 Å². The van der Waals surface area contributed by atoms with E-state index in [1.54, 1.807) is 4.68 Å². The largest absolute Gasteiger partial charge is 0.392 e. The average Bonchev–Trinajstić information content (AvgIpc) is 2.96. The molecule has 3 rings (SSSR count). The second kappa shape index (κ2) is 4.96. The number of aliphatic hydroxyl groups is 1. The van der Waals surface area contributed by atoms with Gasteiger partial charge in [0.25, 0.3) is 0 Å². The van der Waals surface area contributed by atoms with Crippen LogP contribution in [0.4, 0.5) is 0 Å². The molecule has 0 aliphatic heterocycles. The summed E-state index contributed by atoms with van der Waals surface area (Å²) in [6.45, 7) is 2.64. The average molecular weight is 290 g/mol. The highest BCUT2D eigenvalue weighted by Crippen LogP contribution is 2.25. The molecule has 0 spiro atoms. The number of rotatable bonds is 3. The van der Waals surface area contributed by atoms with Gasteiger partial charge < -0.3 is 9.67 Å². The van der Waals surface area contributed by atoms with Crippen molar-refractivity contribution in [2.24, 2.45) is 7.05 Å².